The summed E-state index contributed by atoms with van der Waals surface area (Å²) in [5.41, 5.74) is 8.11. The minimum Gasteiger partial charge on any atom is -0.508 e. The van der Waals surface area contributed by atoms with Crippen LogP contribution in [0, 0.1) is 5.92 Å². The maximum absolute atomic E-state index is 13.5. The number of carboxylic acid groups (broad SMARTS) is 1. The Kier molecular flexibility index (Phi) is 10.5. The summed E-state index contributed by atoms with van der Waals surface area (Å²) in [4.78, 5) is 54.4. The molecule has 0 radical (unpaired) electrons. The zero-order valence-corrected chi connectivity index (χ0v) is 23.1. The van der Waals surface area contributed by atoms with Gasteiger partial charge in [0.25, 0.3) is 0 Å². The zero-order valence-electron chi connectivity index (χ0n) is 23.1. The van der Waals surface area contributed by atoms with Crippen LogP contribution in [0.15, 0.2) is 54.7 Å². The quantitative estimate of drug-likeness (QED) is 0.146. The van der Waals surface area contributed by atoms with Crippen LogP contribution in [0.25, 0.3) is 10.9 Å². The molecular weight excluding hydrogens is 530 g/mol. The van der Waals surface area contributed by atoms with Crippen LogP contribution < -0.4 is 21.7 Å². The van der Waals surface area contributed by atoms with Crippen molar-refractivity contribution in [1.29, 1.82) is 0 Å². The van der Waals surface area contributed by atoms with E-state index >= 15 is 0 Å². The van der Waals surface area contributed by atoms with E-state index in [0.29, 0.717) is 5.56 Å². The number of H-pyrrole nitrogens is 1. The molecule has 0 saturated carbocycles. The van der Waals surface area contributed by atoms with Crippen molar-refractivity contribution in [1.82, 2.24) is 20.9 Å². The molecule has 0 aliphatic heterocycles. The van der Waals surface area contributed by atoms with Crippen molar-refractivity contribution in [2.24, 2.45) is 11.7 Å². The van der Waals surface area contributed by atoms with Crippen molar-refractivity contribution in [3.8, 4) is 5.75 Å². The third kappa shape index (κ3) is 8.29. The van der Waals surface area contributed by atoms with Gasteiger partial charge in [0.2, 0.25) is 17.7 Å². The second kappa shape index (κ2) is 13.8. The number of benzene rings is 2. The number of aromatic nitrogens is 1. The number of hydrogen-bond donors (Lipinski definition) is 8. The second-order valence-corrected chi connectivity index (χ2v) is 10.4. The number of nitrogens with one attached hydrogen (secondary N) is 4. The number of aliphatic hydroxyl groups is 1. The Balaban J connectivity index is 1.80. The average molecular weight is 568 g/mol. The van der Waals surface area contributed by atoms with Crippen LogP contribution in [0.3, 0.4) is 0 Å². The minimum atomic E-state index is -1.52. The van der Waals surface area contributed by atoms with Gasteiger partial charge in [0.1, 0.15) is 23.9 Å². The summed E-state index contributed by atoms with van der Waals surface area (Å²) in [5, 5.41) is 37.8. The van der Waals surface area contributed by atoms with E-state index < -0.39 is 54.0 Å². The number of fused-ring (bicyclic) bond motifs is 1. The number of aliphatic hydroxyl groups excluding tert-OH is 1. The predicted octanol–water partition coefficient (Wildman–Crippen LogP) is 0.562. The highest BCUT2D eigenvalue weighted by Gasteiger charge is 2.33. The largest absolute Gasteiger partial charge is 0.508 e. The SMILES string of the molecule is CC(C)C(N)C(=O)NC(Cc1c[nH]c2ccccc12)C(=O)NC(C(=O)NC(Cc1ccc(O)cc1)C(=O)O)C(C)O. The molecule has 9 N–H and O–H groups in total. The molecule has 0 bridgehead atoms. The third-order valence-electron chi connectivity index (χ3n) is 6.81. The van der Waals surface area contributed by atoms with Gasteiger partial charge in [0.05, 0.1) is 12.1 Å². The first-order valence-corrected chi connectivity index (χ1v) is 13.3. The third-order valence-corrected chi connectivity index (χ3v) is 6.81. The lowest BCUT2D eigenvalue weighted by molar-refractivity contribution is -0.143. The summed E-state index contributed by atoms with van der Waals surface area (Å²) in [6, 6.07) is 8.30. The van der Waals surface area contributed by atoms with Gasteiger partial charge in [-0.1, -0.05) is 44.2 Å². The van der Waals surface area contributed by atoms with Crippen LogP contribution in [0.1, 0.15) is 31.9 Å². The van der Waals surface area contributed by atoms with E-state index in [0.717, 1.165) is 16.5 Å². The molecule has 3 aromatic rings. The number of phenolic OH excluding ortho intramolecular Hbond substituents is 1. The lowest BCUT2D eigenvalue weighted by Crippen LogP contribution is -2.60. The van der Waals surface area contributed by atoms with Gasteiger partial charge in [-0.3, -0.25) is 14.4 Å². The Labute approximate surface area is 237 Å². The lowest BCUT2D eigenvalue weighted by Gasteiger charge is -2.27. The second-order valence-electron chi connectivity index (χ2n) is 10.4. The number of carboxylic acids is 1. The Morgan fingerprint density at radius 3 is 2.10 bits per heavy atom. The molecule has 12 heteroatoms. The average Bonchev–Trinajstić information content (AvgIpc) is 3.33. The minimum absolute atomic E-state index is 0.00479. The van der Waals surface area contributed by atoms with Crippen molar-refractivity contribution < 1.29 is 34.5 Å². The molecule has 220 valence electrons. The van der Waals surface area contributed by atoms with Crippen molar-refractivity contribution in [3.05, 3.63) is 65.9 Å². The summed E-state index contributed by atoms with van der Waals surface area (Å²) in [5.74, 6) is -3.76. The van der Waals surface area contributed by atoms with Gasteiger partial charge in [0, 0.05) is 29.9 Å². The molecule has 5 unspecified atom stereocenters. The zero-order chi connectivity index (χ0) is 30.3. The van der Waals surface area contributed by atoms with Gasteiger partial charge in [-0.15, -0.1) is 0 Å². The van der Waals surface area contributed by atoms with E-state index in [-0.39, 0.29) is 24.5 Å². The van der Waals surface area contributed by atoms with Crippen LogP contribution in [0.2, 0.25) is 0 Å². The van der Waals surface area contributed by atoms with Gasteiger partial charge < -0.3 is 42.0 Å². The van der Waals surface area contributed by atoms with Crippen LogP contribution >= 0.6 is 0 Å². The molecule has 0 spiro atoms. The van der Waals surface area contributed by atoms with Crippen LogP contribution in [-0.2, 0) is 32.0 Å². The molecular formula is C29H37N5O7. The number of aromatic hydroxyl groups is 1. The van der Waals surface area contributed by atoms with E-state index in [2.05, 4.69) is 20.9 Å². The molecule has 0 aliphatic carbocycles. The van der Waals surface area contributed by atoms with Crippen LogP contribution in [0.5, 0.6) is 5.75 Å². The van der Waals surface area contributed by atoms with Crippen LogP contribution in [0.4, 0.5) is 0 Å². The summed E-state index contributed by atoms with van der Waals surface area (Å²) in [7, 11) is 0. The maximum atomic E-state index is 13.5. The molecule has 0 saturated heterocycles. The normalized spacial score (nSPS) is 15.0. The van der Waals surface area contributed by atoms with E-state index in [1.807, 2.05) is 24.3 Å². The molecule has 3 rings (SSSR count). The Bertz CT molecular complexity index is 1370. The van der Waals surface area contributed by atoms with Crippen LogP contribution in [-0.4, -0.2) is 74.3 Å². The fourth-order valence-electron chi connectivity index (χ4n) is 4.29. The number of nitrogens with two attached hydrogens (primary N) is 1. The van der Waals surface area contributed by atoms with Crippen molar-refractivity contribution >= 4 is 34.6 Å². The van der Waals surface area contributed by atoms with Crippen molar-refractivity contribution in [2.45, 2.75) is 63.9 Å². The number of amides is 3. The number of phenols is 1. The number of hydrogen-bond acceptors (Lipinski definition) is 7. The summed E-state index contributed by atoms with van der Waals surface area (Å²) < 4.78 is 0. The first kappa shape index (κ1) is 31.1. The molecule has 0 aliphatic rings. The number of aliphatic carboxylic acids is 1. The highest BCUT2D eigenvalue weighted by atomic mass is 16.4. The molecule has 0 fully saturated rings. The molecule has 12 nitrogen and oxygen atoms in total. The molecule has 1 heterocycles. The molecule has 3 amide bonds. The van der Waals surface area contributed by atoms with E-state index in [4.69, 9.17) is 5.73 Å². The highest BCUT2D eigenvalue weighted by Crippen LogP contribution is 2.19. The standard InChI is InChI=1S/C29H37N5O7/c1-15(2)24(30)27(38)32-22(13-18-14-31-21-7-5-4-6-20(18)21)26(37)34-25(16(3)35)28(39)33-23(29(40)41)12-17-8-10-19(36)11-9-17/h4-11,14-16,22-25,31,35-36H,12-13,30H2,1-3H3,(H,32,38)(H,33,39)(H,34,37)(H,40,41). The molecule has 41 heavy (non-hydrogen) atoms. The fourth-order valence-corrected chi connectivity index (χ4v) is 4.29. The van der Waals surface area contributed by atoms with Gasteiger partial charge in [-0.25, -0.2) is 4.79 Å². The molecule has 1 aromatic heterocycles. The number of rotatable bonds is 13. The number of para-hydroxylation sites is 1. The number of aromatic amines is 1. The summed E-state index contributed by atoms with van der Waals surface area (Å²) in [6.45, 7) is 4.82. The van der Waals surface area contributed by atoms with Gasteiger partial charge in [-0.05, 0) is 42.2 Å². The predicted molar refractivity (Wildman–Crippen MR) is 152 cm³/mol. The number of carbonyl (C=O) groups excluding carboxylic acids is 3. The number of carbonyl (C=O) groups is 4. The molecule has 5 atom stereocenters. The van der Waals surface area contributed by atoms with E-state index in [9.17, 15) is 34.5 Å². The van der Waals surface area contributed by atoms with Gasteiger partial charge in [0.15, 0.2) is 0 Å². The van der Waals surface area contributed by atoms with Crippen molar-refractivity contribution in [2.75, 3.05) is 0 Å². The summed E-state index contributed by atoms with van der Waals surface area (Å²) in [6.07, 6.45) is 0.274. The Hall–Kier alpha value is -4.42. The maximum Gasteiger partial charge on any atom is 0.326 e. The van der Waals surface area contributed by atoms with E-state index in [1.54, 1.807) is 20.0 Å². The highest BCUT2D eigenvalue weighted by molar-refractivity contribution is 5.95. The van der Waals surface area contributed by atoms with Crippen molar-refractivity contribution in [3.63, 3.8) is 0 Å². The topological polar surface area (TPSA) is 207 Å². The monoisotopic (exact) mass is 567 g/mol. The lowest BCUT2D eigenvalue weighted by atomic mass is 10.0. The van der Waals surface area contributed by atoms with Gasteiger partial charge >= 0.3 is 5.97 Å². The fraction of sp³-hybridized carbons (Fsp3) is 0.379. The Morgan fingerprint density at radius 2 is 1.49 bits per heavy atom. The first-order chi connectivity index (χ1) is 19.4. The van der Waals surface area contributed by atoms with Gasteiger partial charge in [-0.2, -0.15) is 0 Å². The van der Waals surface area contributed by atoms with E-state index in [1.165, 1.54) is 31.2 Å². The Morgan fingerprint density at radius 1 is 0.854 bits per heavy atom. The molecule has 2 aromatic carbocycles. The smallest absolute Gasteiger partial charge is 0.326 e. The summed E-state index contributed by atoms with van der Waals surface area (Å²) >= 11 is 0. The first-order valence-electron chi connectivity index (χ1n) is 13.3.